The number of hydrogen-bond acceptors (Lipinski definition) is 8. The van der Waals surface area contributed by atoms with Gasteiger partial charge in [0.25, 0.3) is 0 Å². The van der Waals surface area contributed by atoms with Crippen molar-refractivity contribution in [2.75, 3.05) is 20.3 Å². The first kappa shape index (κ1) is 25.0. The third kappa shape index (κ3) is 5.75. The maximum absolute atomic E-state index is 13.2. The minimum atomic E-state index is -0.583. The molecule has 1 N–H and O–H groups in total. The summed E-state index contributed by atoms with van der Waals surface area (Å²) in [6, 6.07) is 10.5. The van der Waals surface area contributed by atoms with Gasteiger partial charge in [-0.25, -0.2) is 9.79 Å². The molecule has 1 aromatic heterocycles. The van der Waals surface area contributed by atoms with E-state index in [1.165, 1.54) is 11.8 Å². The van der Waals surface area contributed by atoms with Crippen LogP contribution in [0.1, 0.15) is 30.5 Å². The van der Waals surface area contributed by atoms with Gasteiger partial charge in [-0.3, -0.25) is 9.78 Å². The first-order valence-electron chi connectivity index (χ1n) is 11.0. The van der Waals surface area contributed by atoms with E-state index in [2.05, 4.69) is 15.3 Å². The predicted octanol–water partition coefficient (Wildman–Crippen LogP) is 4.21. The minimum absolute atomic E-state index is 0.114. The van der Waals surface area contributed by atoms with Crippen molar-refractivity contribution in [3.05, 3.63) is 87.3 Å². The largest absolute Gasteiger partial charge is 0.460 e. The molecule has 0 fully saturated rings. The number of halogens is 1. The van der Waals surface area contributed by atoms with Crippen molar-refractivity contribution in [2.24, 2.45) is 4.99 Å². The molecule has 1 amide bonds. The molecule has 4 rings (SSSR count). The van der Waals surface area contributed by atoms with Crippen LogP contribution in [0.3, 0.4) is 0 Å². The van der Waals surface area contributed by atoms with Gasteiger partial charge in [-0.15, -0.1) is 0 Å². The van der Waals surface area contributed by atoms with Crippen molar-refractivity contribution in [2.45, 2.75) is 25.9 Å². The van der Waals surface area contributed by atoms with E-state index in [9.17, 15) is 9.59 Å². The molecule has 0 spiro atoms. The van der Waals surface area contributed by atoms with E-state index < -0.39 is 12.0 Å². The number of pyridine rings is 1. The molecule has 35 heavy (non-hydrogen) atoms. The van der Waals surface area contributed by atoms with E-state index in [0.717, 1.165) is 16.8 Å². The minimum Gasteiger partial charge on any atom is -0.460 e. The first-order chi connectivity index (χ1) is 17.0. The number of allylic oxidation sites excluding steroid dienone is 1. The number of carbonyl (C=O) groups excluding carboxylic acids is 2. The Hall–Kier alpha value is -3.14. The van der Waals surface area contributed by atoms with Crippen LogP contribution < -0.4 is 5.32 Å². The standard InChI is InChI=1S/C25H25ClN4O4S/c1-16-22(24(32)34-12-11-33-2)23(19-5-3-4-6-20(19)26)30-18(15-35-25(30)29-16)13-21(31)28-14-17-7-9-27-10-8-17/h3-10,15,23H,11-14H2,1-2H3,(H,28,31)/t23-/m0/s1. The van der Waals surface area contributed by atoms with Crippen LogP contribution in [0.4, 0.5) is 0 Å². The fourth-order valence-electron chi connectivity index (χ4n) is 3.85. The van der Waals surface area contributed by atoms with Crippen LogP contribution >= 0.6 is 23.4 Å². The highest BCUT2D eigenvalue weighted by molar-refractivity contribution is 8.16. The Morgan fingerprint density at radius 2 is 1.94 bits per heavy atom. The number of nitrogens with one attached hydrogen (secondary N) is 1. The summed E-state index contributed by atoms with van der Waals surface area (Å²) in [5.74, 6) is -0.644. The van der Waals surface area contributed by atoms with Crippen molar-refractivity contribution in [1.82, 2.24) is 15.2 Å². The number of benzene rings is 1. The summed E-state index contributed by atoms with van der Waals surface area (Å²) in [6.45, 7) is 2.58. The van der Waals surface area contributed by atoms with Gasteiger partial charge in [-0.05, 0) is 41.7 Å². The van der Waals surface area contributed by atoms with Crippen LogP contribution in [-0.4, -0.2) is 47.3 Å². The second-order valence-corrected chi connectivity index (χ2v) is 9.10. The number of nitrogens with zero attached hydrogens (tertiary/aromatic N) is 3. The Labute approximate surface area is 213 Å². The van der Waals surface area contributed by atoms with E-state index >= 15 is 0 Å². The lowest BCUT2D eigenvalue weighted by molar-refractivity contribution is -0.141. The Morgan fingerprint density at radius 1 is 1.17 bits per heavy atom. The molecule has 182 valence electrons. The molecular weight excluding hydrogens is 488 g/mol. The second-order valence-electron chi connectivity index (χ2n) is 7.85. The molecule has 1 aromatic carbocycles. The fourth-order valence-corrected chi connectivity index (χ4v) is 5.05. The summed E-state index contributed by atoms with van der Waals surface area (Å²) in [5.41, 5.74) is 3.33. The molecule has 8 nitrogen and oxygen atoms in total. The number of fused-ring (bicyclic) bond motifs is 1. The molecule has 3 heterocycles. The molecule has 1 atom stereocenters. The number of esters is 1. The van der Waals surface area contributed by atoms with E-state index in [4.69, 9.17) is 21.1 Å². The second kappa shape index (κ2) is 11.5. The number of aromatic nitrogens is 1. The van der Waals surface area contributed by atoms with Gasteiger partial charge in [-0.2, -0.15) is 0 Å². The smallest absolute Gasteiger partial charge is 0.338 e. The van der Waals surface area contributed by atoms with Gasteiger partial charge in [0.05, 0.1) is 30.3 Å². The summed E-state index contributed by atoms with van der Waals surface area (Å²) in [5, 5.41) is 6.01. The molecule has 10 heteroatoms. The highest BCUT2D eigenvalue weighted by atomic mass is 35.5. The van der Waals surface area contributed by atoms with Crippen LogP contribution in [0, 0.1) is 0 Å². The quantitative estimate of drug-likeness (QED) is 0.397. The van der Waals surface area contributed by atoms with Crippen molar-refractivity contribution in [3.8, 4) is 0 Å². The van der Waals surface area contributed by atoms with Crippen LogP contribution in [0.5, 0.6) is 0 Å². The van der Waals surface area contributed by atoms with Crippen LogP contribution in [0.25, 0.3) is 0 Å². The molecule has 0 saturated heterocycles. The Kier molecular flexibility index (Phi) is 8.22. The van der Waals surface area contributed by atoms with Crippen molar-refractivity contribution < 1.29 is 19.1 Å². The summed E-state index contributed by atoms with van der Waals surface area (Å²) in [7, 11) is 1.54. The predicted molar refractivity (Wildman–Crippen MR) is 135 cm³/mol. The topological polar surface area (TPSA) is 93.1 Å². The van der Waals surface area contributed by atoms with Gasteiger partial charge in [-0.1, -0.05) is 41.6 Å². The lowest BCUT2D eigenvalue weighted by atomic mass is 9.93. The van der Waals surface area contributed by atoms with Gasteiger partial charge in [0.2, 0.25) is 5.91 Å². The average Bonchev–Trinajstić information content (AvgIpc) is 3.25. The van der Waals surface area contributed by atoms with Crippen molar-refractivity contribution in [1.29, 1.82) is 0 Å². The lowest BCUT2D eigenvalue weighted by Crippen LogP contribution is -2.38. The number of amides is 1. The molecule has 0 unspecified atom stereocenters. The highest BCUT2D eigenvalue weighted by Gasteiger charge is 2.41. The third-order valence-corrected chi connectivity index (χ3v) is 6.75. The van der Waals surface area contributed by atoms with Crippen LogP contribution in [0.2, 0.25) is 5.02 Å². The number of aliphatic imine (C=N–C) groups is 1. The van der Waals surface area contributed by atoms with Gasteiger partial charge in [0.15, 0.2) is 5.17 Å². The molecule has 2 aliphatic heterocycles. The summed E-state index contributed by atoms with van der Waals surface area (Å²) < 4.78 is 10.5. The summed E-state index contributed by atoms with van der Waals surface area (Å²) in [4.78, 5) is 36.5. The SMILES string of the molecule is COCCOC(=O)C1=C(C)N=C2SC=C(CC(=O)NCc3ccncc3)N2[C@H]1c1ccccc1Cl. The zero-order chi connectivity index (χ0) is 24.8. The zero-order valence-electron chi connectivity index (χ0n) is 19.4. The average molecular weight is 513 g/mol. The number of methoxy groups -OCH3 is 1. The van der Waals surface area contributed by atoms with Crippen molar-refractivity contribution in [3.63, 3.8) is 0 Å². The molecule has 0 aliphatic carbocycles. The number of carbonyl (C=O) groups is 2. The lowest BCUT2D eigenvalue weighted by Gasteiger charge is -2.36. The van der Waals surface area contributed by atoms with Gasteiger partial charge in [0, 0.05) is 36.8 Å². The molecule has 2 aliphatic rings. The molecule has 0 radical (unpaired) electrons. The molecule has 0 saturated carbocycles. The maximum Gasteiger partial charge on any atom is 0.338 e. The highest BCUT2D eigenvalue weighted by Crippen LogP contribution is 2.46. The summed E-state index contributed by atoms with van der Waals surface area (Å²) >= 11 is 8.00. The van der Waals surface area contributed by atoms with Gasteiger partial charge in [0.1, 0.15) is 6.61 Å². The fraction of sp³-hybridized carbons (Fsp3) is 0.280. The first-order valence-corrected chi connectivity index (χ1v) is 12.3. The number of thioether (sulfide) groups is 1. The van der Waals surface area contributed by atoms with Crippen molar-refractivity contribution >= 4 is 40.4 Å². The van der Waals surface area contributed by atoms with Crippen LogP contribution in [-0.2, 0) is 25.6 Å². The van der Waals surface area contributed by atoms with E-state index in [1.807, 2.05) is 40.6 Å². The third-order valence-electron chi connectivity index (χ3n) is 5.52. The molecule has 2 aromatic rings. The van der Waals surface area contributed by atoms with E-state index in [-0.39, 0.29) is 25.5 Å². The Balaban J connectivity index is 1.60. The maximum atomic E-state index is 13.2. The number of hydrogen-bond donors (Lipinski definition) is 1. The van der Waals surface area contributed by atoms with Gasteiger partial charge < -0.3 is 19.7 Å². The number of ether oxygens (including phenoxy) is 2. The Bertz CT molecular complexity index is 1200. The normalized spacial score (nSPS) is 17.0. The van der Waals surface area contributed by atoms with E-state index in [0.29, 0.717) is 28.0 Å². The Morgan fingerprint density at radius 3 is 2.69 bits per heavy atom. The summed E-state index contributed by atoms with van der Waals surface area (Å²) in [6.07, 6.45) is 3.48. The van der Waals surface area contributed by atoms with E-state index in [1.54, 1.807) is 32.5 Å². The zero-order valence-corrected chi connectivity index (χ0v) is 20.9. The molecule has 0 bridgehead atoms. The van der Waals surface area contributed by atoms with Gasteiger partial charge >= 0.3 is 5.97 Å². The number of amidine groups is 1. The number of rotatable bonds is 9. The van der Waals surface area contributed by atoms with Crippen LogP contribution in [0.15, 0.2) is 76.2 Å². The molecular formula is C25H25ClN4O4S. The monoisotopic (exact) mass is 512 g/mol.